The van der Waals surface area contributed by atoms with Crippen LogP contribution in [0.4, 0.5) is 5.82 Å². The van der Waals surface area contributed by atoms with Crippen molar-refractivity contribution in [2.45, 2.75) is 38.3 Å². The van der Waals surface area contributed by atoms with Gasteiger partial charge >= 0.3 is 0 Å². The predicted molar refractivity (Wildman–Crippen MR) is 88.8 cm³/mol. The van der Waals surface area contributed by atoms with Crippen molar-refractivity contribution in [2.24, 2.45) is 0 Å². The number of nitrogens with zero attached hydrogens (tertiary/aromatic N) is 2. The van der Waals surface area contributed by atoms with Gasteiger partial charge in [-0.25, -0.2) is 18.4 Å². The Hall–Kier alpha value is -1.74. The molecule has 0 aliphatic carbocycles. The Bertz CT molecular complexity index is 716. The fraction of sp³-hybridized carbons (Fsp3) is 0.667. The summed E-state index contributed by atoms with van der Waals surface area (Å²) in [6, 6.07) is 1.38. The second kappa shape index (κ2) is 7.02. The summed E-state index contributed by atoms with van der Waals surface area (Å²) in [5, 5.41) is 5.92. The molecule has 24 heavy (non-hydrogen) atoms. The van der Waals surface area contributed by atoms with Crippen molar-refractivity contribution in [3.8, 4) is 0 Å². The highest BCUT2D eigenvalue weighted by Gasteiger charge is 2.28. The average molecular weight is 354 g/mol. The third kappa shape index (κ3) is 4.41. The van der Waals surface area contributed by atoms with Gasteiger partial charge in [0, 0.05) is 25.3 Å². The highest BCUT2D eigenvalue weighted by molar-refractivity contribution is 7.91. The minimum absolute atomic E-state index is 0.0678. The molecule has 2 aliphatic heterocycles. The molecule has 0 saturated carbocycles. The van der Waals surface area contributed by atoms with Gasteiger partial charge in [-0.1, -0.05) is 0 Å². The topological polar surface area (TPSA) is 110 Å². The summed E-state index contributed by atoms with van der Waals surface area (Å²) in [4.78, 5) is 20.7. The van der Waals surface area contributed by atoms with E-state index in [1.54, 1.807) is 13.0 Å². The van der Waals surface area contributed by atoms with E-state index in [1.165, 1.54) is 0 Å². The van der Waals surface area contributed by atoms with Crippen LogP contribution >= 0.6 is 0 Å². The number of nitrogens with one attached hydrogen (secondary N) is 2. The smallest absolute Gasteiger partial charge is 0.270 e. The van der Waals surface area contributed by atoms with Crippen LogP contribution in [0.25, 0.3) is 0 Å². The van der Waals surface area contributed by atoms with Gasteiger partial charge in [0.1, 0.15) is 17.3 Å². The van der Waals surface area contributed by atoms with Crippen molar-refractivity contribution in [2.75, 3.05) is 30.0 Å². The van der Waals surface area contributed by atoms with Crippen molar-refractivity contribution in [1.82, 2.24) is 15.3 Å². The van der Waals surface area contributed by atoms with Crippen molar-refractivity contribution in [3.05, 3.63) is 17.6 Å². The summed E-state index contributed by atoms with van der Waals surface area (Å²) >= 11 is 0. The first-order chi connectivity index (χ1) is 11.4. The summed E-state index contributed by atoms with van der Waals surface area (Å²) in [6.45, 7) is 2.91. The molecule has 2 N–H and O–H groups in total. The van der Waals surface area contributed by atoms with Crippen molar-refractivity contribution >= 4 is 21.6 Å². The minimum Gasteiger partial charge on any atom is -0.376 e. The van der Waals surface area contributed by atoms with E-state index < -0.39 is 9.84 Å². The number of rotatable bonds is 5. The molecule has 3 rings (SSSR count). The number of aromatic nitrogens is 2. The molecule has 2 atom stereocenters. The first kappa shape index (κ1) is 17.1. The number of amides is 1. The summed E-state index contributed by atoms with van der Waals surface area (Å²) in [6.07, 6.45) is 2.59. The zero-order valence-electron chi connectivity index (χ0n) is 13.6. The van der Waals surface area contributed by atoms with Crippen LogP contribution in [0.2, 0.25) is 0 Å². The largest absolute Gasteiger partial charge is 0.376 e. The van der Waals surface area contributed by atoms with Crippen LogP contribution < -0.4 is 10.6 Å². The van der Waals surface area contributed by atoms with Crippen LogP contribution in [-0.2, 0) is 14.6 Å². The van der Waals surface area contributed by atoms with E-state index in [0.29, 0.717) is 24.6 Å². The number of ether oxygens (including phenoxy) is 1. The quantitative estimate of drug-likeness (QED) is 0.782. The lowest BCUT2D eigenvalue weighted by Gasteiger charge is -2.14. The lowest BCUT2D eigenvalue weighted by molar-refractivity contribution is 0.0853. The SMILES string of the molecule is Cc1nc(NC2CCS(=O)(=O)C2)cc(C(=O)NCC2CCCO2)n1. The molecule has 2 fully saturated rings. The fourth-order valence-electron chi connectivity index (χ4n) is 2.98. The van der Waals surface area contributed by atoms with E-state index in [4.69, 9.17) is 4.74 Å². The molecule has 0 spiro atoms. The molecule has 132 valence electrons. The Kier molecular flexibility index (Phi) is 5.00. The highest BCUT2D eigenvalue weighted by Crippen LogP contribution is 2.17. The van der Waals surface area contributed by atoms with Gasteiger partial charge in [-0.05, 0) is 26.2 Å². The van der Waals surface area contributed by atoms with Crippen LogP contribution in [0.5, 0.6) is 0 Å². The maximum atomic E-state index is 12.3. The average Bonchev–Trinajstić information content (AvgIpc) is 3.13. The molecule has 8 nitrogen and oxygen atoms in total. The number of hydrogen-bond acceptors (Lipinski definition) is 7. The number of hydrogen-bond donors (Lipinski definition) is 2. The van der Waals surface area contributed by atoms with E-state index in [0.717, 1.165) is 19.4 Å². The van der Waals surface area contributed by atoms with Crippen molar-refractivity contribution < 1.29 is 17.9 Å². The molecule has 1 amide bonds. The first-order valence-corrected chi connectivity index (χ1v) is 9.96. The van der Waals surface area contributed by atoms with Gasteiger partial charge in [0.15, 0.2) is 9.84 Å². The van der Waals surface area contributed by atoms with Gasteiger partial charge in [0.25, 0.3) is 5.91 Å². The van der Waals surface area contributed by atoms with Crippen LogP contribution in [0.1, 0.15) is 35.6 Å². The van der Waals surface area contributed by atoms with Crippen molar-refractivity contribution in [3.63, 3.8) is 0 Å². The number of carbonyl (C=O) groups is 1. The zero-order valence-corrected chi connectivity index (χ0v) is 14.4. The third-order valence-electron chi connectivity index (χ3n) is 4.17. The van der Waals surface area contributed by atoms with Gasteiger partial charge in [-0.3, -0.25) is 4.79 Å². The van der Waals surface area contributed by atoms with Crippen LogP contribution in [0.3, 0.4) is 0 Å². The molecule has 0 aromatic carbocycles. The number of sulfone groups is 1. The Morgan fingerprint density at radius 2 is 2.21 bits per heavy atom. The standard InChI is InChI=1S/C15H22N4O4S/c1-10-17-13(15(20)16-8-12-3-2-5-23-12)7-14(18-10)19-11-4-6-24(21,22)9-11/h7,11-12H,2-6,8-9H2,1H3,(H,16,20)(H,17,18,19). The number of carbonyl (C=O) groups excluding carboxylic acids is 1. The molecule has 3 heterocycles. The van der Waals surface area contributed by atoms with E-state index in [-0.39, 0.29) is 35.3 Å². The van der Waals surface area contributed by atoms with Crippen LogP contribution in [-0.4, -0.2) is 61.1 Å². The molecule has 0 bridgehead atoms. The highest BCUT2D eigenvalue weighted by atomic mass is 32.2. The second-order valence-electron chi connectivity index (χ2n) is 6.27. The lowest BCUT2D eigenvalue weighted by Crippen LogP contribution is -2.32. The maximum absolute atomic E-state index is 12.3. The summed E-state index contributed by atoms with van der Waals surface area (Å²) in [7, 11) is -2.97. The summed E-state index contributed by atoms with van der Waals surface area (Å²) < 4.78 is 28.5. The Morgan fingerprint density at radius 3 is 2.88 bits per heavy atom. The summed E-state index contributed by atoms with van der Waals surface area (Å²) in [5.74, 6) is 0.938. The zero-order chi connectivity index (χ0) is 17.2. The second-order valence-corrected chi connectivity index (χ2v) is 8.50. The van der Waals surface area contributed by atoms with E-state index >= 15 is 0 Å². The molecule has 1 aromatic heterocycles. The van der Waals surface area contributed by atoms with Crippen LogP contribution in [0, 0.1) is 6.92 Å². The molecule has 2 aliphatic rings. The van der Waals surface area contributed by atoms with Gasteiger partial charge in [-0.15, -0.1) is 0 Å². The summed E-state index contributed by atoms with van der Waals surface area (Å²) in [5.41, 5.74) is 0.267. The lowest BCUT2D eigenvalue weighted by atomic mass is 10.2. The van der Waals surface area contributed by atoms with E-state index in [2.05, 4.69) is 20.6 Å². The molecule has 2 saturated heterocycles. The monoisotopic (exact) mass is 354 g/mol. The Balaban J connectivity index is 1.63. The fourth-order valence-corrected chi connectivity index (χ4v) is 4.65. The predicted octanol–water partition coefficient (Wildman–Crippen LogP) is 0.293. The number of anilines is 1. The van der Waals surface area contributed by atoms with Gasteiger partial charge in [0.2, 0.25) is 0 Å². The maximum Gasteiger partial charge on any atom is 0.270 e. The van der Waals surface area contributed by atoms with Crippen molar-refractivity contribution in [1.29, 1.82) is 0 Å². The molecular weight excluding hydrogens is 332 g/mol. The molecule has 9 heteroatoms. The van der Waals surface area contributed by atoms with Gasteiger partial charge in [0.05, 0.1) is 17.6 Å². The molecule has 2 unspecified atom stereocenters. The Morgan fingerprint density at radius 1 is 1.38 bits per heavy atom. The van der Waals surface area contributed by atoms with Gasteiger partial charge in [-0.2, -0.15) is 0 Å². The van der Waals surface area contributed by atoms with Gasteiger partial charge < -0.3 is 15.4 Å². The molecule has 0 radical (unpaired) electrons. The van der Waals surface area contributed by atoms with E-state index in [1.807, 2.05) is 0 Å². The minimum atomic E-state index is -2.97. The third-order valence-corrected chi connectivity index (χ3v) is 5.94. The molecular formula is C15H22N4O4S. The first-order valence-electron chi connectivity index (χ1n) is 8.14. The Labute approximate surface area is 141 Å². The normalized spacial score (nSPS) is 25.5. The van der Waals surface area contributed by atoms with Crippen LogP contribution in [0.15, 0.2) is 6.07 Å². The molecule has 1 aromatic rings. The number of aryl methyl sites for hydroxylation is 1. The van der Waals surface area contributed by atoms with E-state index in [9.17, 15) is 13.2 Å².